The zero-order valence-electron chi connectivity index (χ0n) is 12.6. The van der Waals surface area contributed by atoms with Crippen LogP contribution in [0.5, 0.6) is 0 Å². The molecule has 1 saturated heterocycles. The van der Waals surface area contributed by atoms with E-state index in [-0.39, 0.29) is 6.10 Å². The van der Waals surface area contributed by atoms with Crippen LogP contribution in [0.15, 0.2) is 6.33 Å². The summed E-state index contributed by atoms with van der Waals surface area (Å²) >= 11 is 0. The van der Waals surface area contributed by atoms with Crippen LogP contribution < -0.4 is 0 Å². The van der Waals surface area contributed by atoms with E-state index in [2.05, 4.69) is 28.8 Å². The number of rotatable bonds is 4. The van der Waals surface area contributed by atoms with Gasteiger partial charge in [-0.15, -0.1) is 0 Å². The van der Waals surface area contributed by atoms with Gasteiger partial charge in [-0.1, -0.05) is 6.42 Å². The first kappa shape index (κ1) is 14.0. The first-order valence-corrected chi connectivity index (χ1v) is 7.97. The van der Waals surface area contributed by atoms with Crippen LogP contribution in [0.3, 0.4) is 0 Å². The van der Waals surface area contributed by atoms with Crippen molar-refractivity contribution in [2.75, 3.05) is 6.54 Å². The third kappa shape index (κ3) is 2.61. The molecule has 1 N–H and O–H groups in total. The molecule has 2 heterocycles. The van der Waals surface area contributed by atoms with Gasteiger partial charge >= 0.3 is 0 Å². The quantitative estimate of drug-likeness (QED) is 0.915. The van der Waals surface area contributed by atoms with Crippen LogP contribution in [0.25, 0.3) is 0 Å². The predicted molar refractivity (Wildman–Crippen MR) is 77.2 cm³/mol. The van der Waals surface area contributed by atoms with E-state index in [1.807, 2.05) is 4.68 Å². The third-order valence-corrected chi connectivity index (χ3v) is 4.92. The van der Waals surface area contributed by atoms with Gasteiger partial charge in [0.25, 0.3) is 0 Å². The second-order valence-corrected chi connectivity index (χ2v) is 6.56. The van der Waals surface area contributed by atoms with Gasteiger partial charge in [-0.05, 0) is 46.1 Å². The minimum absolute atomic E-state index is 0.0939. The summed E-state index contributed by atoms with van der Waals surface area (Å²) in [5.74, 6) is 1.52. The van der Waals surface area contributed by atoms with Crippen LogP contribution in [-0.4, -0.2) is 43.5 Å². The zero-order valence-corrected chi connectivity index (χ0v) is 12.6. The topological polar surface area (TPSA) is 54.2 Å². The van der Waals surface area contributed by atoms with E-state index in [9.17, 15) is 5.11 Å². The molecule has 0 spiro atoms. The minimum atomic E-state index is -0.0939. The summed E-state index contributed by atoms with van der Waals surface area (Å²) in [6.45, 7) is 6.27. The van der Waals surface area contributed by atoms with Crippen molar-refractivity contribution < 1.29 is 5.11 Å². The summed E-state index contributed by atoms with van der Waals surface area (Å²) < 4.78 is 2.01. The second kappa shape index (κ2) is 5.82. The van der Waals surface area contributed by atoms with Gasteiger partial charge in [0.15, 0.2) is 0 Å². The molecule has 2 aliphatic rings. The van der Waals surface area contributed by atoms with Crippen molar-refractivity contribution >= 4 is 0 Å². The van der Waals surface area contributed by atoms with Gasteiger partial charge in [0.05, 0.1) is 12.6 Å². The average molecular weight is 278 g/mol. The molecular weight excluding hydrogens is 252 g/mol. The Hall–Kier alpha value is -0.940. The van der Waals surface area contributed by atoms with Crippen molar-refractivity contribution in [1.82, 2.24) is 19.7 Å². The molecule has 1 aromatic rings. The second-order valence-electron chi connectivity index (χ2n) is 6.56. The highest BCUT2D eigenvalue weighted by Crippen LogP contribution is 2.36. The molecule has 20 heavy (non-hydrogen) atoms. The summed E-state index contributed by atoms with van der Waals surface area (Å²) in [4.78, 5) is 6.94. The van der Waals surface area contributed by atoms with E-state index >= 15 is 0 Å². The van der Waals surface area contributed by atoms with Gasteiger partial charge in [0, 0.05) is 18.0 Å². The minimum Gasteiger partial charge on any atom is -0.393 e. The number of hydrogen-bond donors (Lipinski definition) is 1. The van der Waals surface area contributed by atoms with Crippen molar-refractivity contribution in [1.29, 1.82) is 0 Å². The highest BCUT2D eigenvalue weighted by molar-refractivity contribution is 4.95. The van der Waals surface area contributed by atoms with Crippen molar-refractivity contribution in [2.45, 2.75) is 70.7 Å². The van der Waals surface area contributed by atoms with E-state index in [1.54, 1.807) is 6.33 Å². The SMILES string of the molecule is CC(C)n1ncnc1CN1CCCC1C1CCCC1O. The third-order valence-electron chi connectivity index (χ3n) is 4.92. The van der Waals surface area contributed by atoms with Gasteiger partial charge < -0.3 is 5.11 Å². The first-order chi connectivity index (χ1) is 9.66. The summed E-state index contributed by atoms with van der Waals surface area (Å²) in [7, 11) is 0. The number of nitrogens with zero attached hydrogens (tertiary/aromatic N) is 4. The molecule has 5 heteroatoms. The molecule has 0 aromatic carbocycles. The molecular formula is C15H26N4O. The number of likely N-dealkylation sites (tertiary alicyclic amines) is 1. The molecule has 1 aliphatic carbocycles. The normalized spacial score (nSPS) is 31.5. The number of hydrogen-bond acceptors (Lipinski definition) is 4. The van der Waals surface area contributed by atoms with E-state index < -0.39 is 0 Å². The average Bonchev–Trinajstić information content (AvgIpc) is 3.10. The summed E-state index contributed by atoms with van der Waals surface area (Å²) in [5.41, 5.74) is 0. The van der Waals surface area contributed by atoms with E-state index in [4.69, 9.17) is 0 Å². The van der Waals surface area contributed by atoms with Crippen molar-refractivity contribution in [3.8, 4) is 0 Å². The predicted octanol–water partition coefficient (Wildman–Crippen LogP) is 1.98. The zero-order chi connectivity index (χ0) is 14.1. The molecule has 0 bridgehead atoms. The van der Waals surface area contributed by atoms with Gasteiger partial charge in [-0.3, -0.25) is 4.90 Å². The van der Waals surface area contributed by atoms with Gasteiger partial charge in [0.2, 0.25) is 0 Å². The summed E-state index contributed by atoms with van der Waals surface area (Å²) in [5, 5.41) is 14.5. The summed E-state index contributed by atoms with van der Waals surface area (Å²) in [6, 6.07) is 0.885. The largest absolute Gasteiger partial charge is 0.393 e. The van der Waals surface area contributed by atoms with Gasteiger partial charge in [-0.2, -0.15) is 5.10 Å². The fourth-order valence-electron chi connectivity index (χ4n) is 3.95. The Kier molecular flexibility index (Phi) is 4.08. The molecule has 0 amide bonds. The Balaban J connectivity index is 1.71. The lowest BCUT2D eigenvalue weighted by molar-refractivity contribution is 0.0701. The molecule has 1 aromatic heterocycles. The molecule has 3 unspecified atom stereocenters. The van der Waals surface area contributed by atoms with Gasteiger partial charge in [0.1, 0.15) is 12.2 Å². The summed E-state index contributed by atoms with van der Waals surface area (Å²) in [6.07, 6.45) is 7.37. The maximum absolute atomic E-state index is 10.2. The lowest BCUT2D eigenvalue weighted by atomic mass is 9.94. The Labute approximate surface area is 121 Å². The Morgan fingerprint density at radius 1 is 1.30 bits per heavy atom. The van der Waals surface area contributed by atoms with Crippen molar-refractivity contribution in [2.24, 2.45) is 5.92 Å². The van der Waals surface area contributed by atoms with Gasteiger partial charge in [-0.25, -0.2) is 9.67 Å². The molecule has 2 fully saturated rings. The molecule has 0 radical (unpaired) electrons. The van der Waals surface area contributed by atoms with Crippen LogP contribution in [0.1, 0.15) is 57.8 Å². The van der Waals surface area contributed by atoms with Crippen molar-refractivity contribution in [3.05, 3.63) is 12.2 Å². The lowest BCUT2D eigenvalue weighted by Crippen LogP contribution is -2.39. The highest BCUT2D eigenvalue weighted by atomic mass is 16.3. The van der Waals surface area contributed by atoms with Crippen LogP contribution in [0.2, 0.25) is 0 Å². The standard InChI is InChI=1S/C15H26N4O/c1-11(2)19-15(16-10-17-19)9-18-8-4-6-13(18)12-5-3-7-14(12)20/h10-14,20H,3-9H2,1-2H3. The molecule has 1 saturated carbocycles. The first-order valence-electron chi connectivity index (χ1n) is 7.97. The Morgan fingerprint density at radius 2 is 2.15 bits per heavy atom. The fourth-order valence-corrected chi connectivity index (χ4v) is 3.95. The number of aliphatic hydroxyl groups excluding tert-OH is 1. The monoisotopic (exact) mass is 278 g/mol. The smallest absolute Gasteiger partial charge is 0.141 e. The van der Waals surface area contributed by atoms with E-state index in [1.165, 1.54) is 25.7 Å². The Morgan fingerprint density at radius 3 is 2.85 bits per heavy atom. The van der Waals surface area contributed by atoms with Crippen LogP contribution in [-0.2, 0) is 6.54 Å². The van der Waals surface area contributed by atoms with Crippen LogP contribution in [0, 0.1) is 5.92 Å². The van der Waals surface area contributed by atoms with E-state index in [0.717, 1.165) is 25.3 Å². The molecule has 1 aliphatic heterocycles. The maximum Gasteiger partial charge on any atom is 0.141 e. The molecule has 3 rings (SSSR count). The van der Waals surface area contributed by atoms with Crippen LogP contribution in [0.4, 0.5) is 0 Å². The lowest BCUT2D eigenvalue weighted by Gasteiger charge is -2.31. The fraction of sp³-hybridized carbons (Fsp3) is 0.867. The highest BCUT2D eigenvalue weighted by Gasteiger charge is 2.38. The molecule has 3 atom stereocenters. The molecule has 5 nitrogen and oxygen atoms in total. The van der Waals surface area contributed by atoms with E-state index in [0.29, 0.717) is 18.0 Å². The molecule has 112 valence electrons. The Bertz CT molecular complexity index is 445. The number of aliphatic hydroxyl groups is 1. The van der Waals surface area contributed by atoms with Crippen molar-refractivity contribution in [3.63, 3.8) is 0 Å². The maximum atomic E-state index is 10.2. The van der Waals surface area contributed by atoms with Crippen LogP contribution >= 0.6 is 0 Å². The number of aromatic nitrogens is 3.